The van der Waals surface area contributed by atoms with Gasteiger partial charge in [0.15, 0.2) is 0 Å². The number of ether oxygens (including phenoxy) is 1. The summed E-state index contributed by atoms with van der Waals surface area (Å²) in [6, 6.07) is 15.9. The monoisotopic (exact) mass is 468 g/mol. The van der Waals surface area contributed by atoms with E-state index < -0.39 is 10.0 Å². The summed E-state index contributed by atoms with van der Waals surface area (Å²) >= 11 is 0. The average Bonchev–Trinajstić information content (AvgIpc) is 2.83. The Balaban J connectivity index is 1.34. The minimum Gasteiger partial charge on any atom is -0.378 e. The highest BCUT2D eigenvalue weighted by Crippen LogP contribution is 2.35. The summed E-state index contributed by atoms with van der Waals surface area (Å²) in [5.41, 5.74) is 1.95. The minimum absolute atomic E-state index is 0.0560. The number of nitriles is 1. The van der Waals surface area contributed by atoms with Crippen LogP contribution in [-0.4, -0.2) is 51.5 Å². The second kappa shape index (κ2) is 10.6. The van der Waals surface area contributed by atoms with Crippen molar-refractivity contribution in [2.45, 2.75) is 50.2 Å². The van der Waals surface area contributed by atoms with Crippen molar-refractivity contribution in [3.8, 4) is 6.07 Å². The van der Waals surface area contributed by atoms with Gasteiger partial charge >= 0.3 is 0 Å². The predicted molar refractivity (Wildman–Crippen MR) is 128 cm³/mol. The molecule has 1 aliphatic heterocycles. The molecule has 0 amide bonds. The molecule has 8 heteroatoms. The summed E-state index contributed by atoms with van der Waals surface area (Å²) in [4.78, 5) is 6.68. The molecule has 2 heterocycles. The number of piperidine rings is 1. The maximum atomic E-state index is 11.9. The standard InChI is InChI=1S/C25H32N4O3S/c1-33(30,31)28-24-12-14-29(25-7-2-3-13-27-25)17-22(24)18-32-23-10-8-20(9-11-23)21-6-4-5-19(15-21)16-26/h2-7,13,15,20,22-24,28H,8-12,14,17-18H2,1H3/t20?,22-,23?,24-/m0/s1. The second-order valence-electron chi connectivity index (χ2n) is 9.22. The number of aromatic nitrogens is 1. The molecule has 2 atom stereocenters. The van der Waals surface area contributed by atoms with Crippen LogP contribution in [0.1, 0.15) is 49.1 Å². The van der Waals surface area contributed by atoms with E-state index in [-0.39, 0.29) is 18.1 Å². The Labute approximate surface area is 196 Å². The second-order valence-corrected chi connectivity index (χ2v) is 11.0. The van der Waals surface area contributed by atoms with Crippen LogP contribution in [0.15, 0.2) is 48.7 Å². The molecule has 0 unspecified atom stereocenters. The number of hydrogen-bond donors (Lipinski definition) is 1. The van der Waals surface area contributed by atoms with Gasteiger partial charge < -0.3 is 9.64 Å². The Bertz CT molecular complexity index is 1060. The van der Waals surface area contributed by atoms with E-state index in [1.165, 1.54) is 11.8 Å². The van der Waals surface area contributed by atoms with Crippen LogP contribution in [0.25, 0.3) is 0 Å². The zero-order valence-corrected chi connectivity index (χ0v) is 19.9. The summed E-state index contributed by atoms with van der Waals surface area (Å²) in [5, 5.41) is 9.16. The van der Waals surface area contributed by atoms with E-state index in [1.807, 2.05) is 36.4 Å². The number of pyridine rings is 1. The van der Waals surface area contributed by atoms with Gasteiger partial charge in [0.1, 0.15) is 5.82 Å². The van der Waals surface area contributed by atoms with E-state index in [2.05, 4.69) is 26.7 Å². The lowest BCUT2D eigenvalue weighted by Crippen LogP contribution is -2.52. The highest BCUT2D eigenvalue weighted by Gasteiger charge is 2.33. The number of nitrogens with zero attached hydrogens (tertiary/aromatic N) is 3. The first-order valence-electron chi connectivity index (χ1n) is 11.7. The number of hydrogen-bond acceptors (Lipinski definition) is 6. The van der Waals surface area contributed by atoms with Gasteiger partial charge in [0.05, 0.1) is 30.6 Å². The molecule has 1 aromatic carbocycles. The quantitative estimate of drug-likeness (QED) is 0.669. The van der Waals surface area contributed by atoms with E-state index >= 15 is 0 Å². The van der Waals surface area contributed by atoms with Gasteiger partial charge in [0, 0.05) is 31.2 Å². The zero-order chi connectivity index (χ0) is 23.3. The number of sulfonamides is 1. The molecule has 2 aliphatic rings. The molecule has 1 N–H and O–H groups in total. The maximum Gasteiger partial charge on any atom is 0.208 e. The Morgan fingerprint density at radius 2 is 1.97 bits per heavy atom. The third-order valence-electron chi connectivity index (χ3n) is 6.78. The largest absolute Gasteiger partial charge is 0.378 e. The summed E-state index contributed by atoms with van der Waals surface area (Å²) in [6.45, 7) is 1.99. The lowest BCUT2D eigenvalue weighted by atomic mass is 9.82. The molecule has 2 aromatic rings. The Hall–Kier alpha value is -2.47. The molecule has 176 valence electrons. The smallest absolute Gasteiger partial charge is 0.208 e. The summed E-state index contributed by atoms with van der Waals surface area (Å²) in [5.74, 6) is 1.44. The van der Waals surface area contributed by atoms with Crippen molar-refractivity contribution in [1.29, 1.82) is 5.26 Å². The van der Waals surface area contributed by atoms with E-state index in [9.17, 15) is 8.42 Å². The highest BCUT2D eigenvalue weighted by atomic mass is 32.2. The fourth-order valence-electron chi connectivity index (χ4n) is 5.06. The fourth-order valence-corrected chi connectivity index (χ4v) is 5.92. The van der Waals surface area contributed by atoms with Crippen LogP contribution in [0.5, 0.6) is 0 Å². The van der Waals surface area contributed by atoms with Crippen LogP contribution in [0.4, 0.5) is 5.82 Å². The molecule has 1 aliphatic carbocycles. The molecule has 7 nitrogen and oxygen atoms in total. The van der Waals surface area contributed by atoms with Crippen molar-refractivity contribution in [1.82, 2.24) is 9.71 Å². The number of nitrogens with one attached hydrogen (secondary N) is 1. The number of rotatable bonds is 7. The molecule has 2 fully saturated rings. The van der Waals surface area contributed by atoms with E-state index in [0.717, 1.165) is 44.5 Å². The van der Waals surface area contributed by atoms with Gasteiger partial charge in [-0.2, -0.15) is 5.26 Å². The third-order valence-corrected chi connectivity index (χ3v) is 7.51. The van der Waals surface area contributed by atoms with Gasteiger partial charge in [-0.1, -0.05) is 18.2 Å². The van der Waals surface area contributed by atoms with Gasteiger partial charge in [-0.05, 0) is 67.9 Å². The molecular formula is C25H32N4O3S. The van der Waals surface area contributed by atoms with E-state index in [1.54, 1.807) is 6.20 Å². The normalized spacial score (nSPS) is 26.0. The third kappa shape index (κ3) is 6.53. The van der Waals surface area contributed by atoms with Crippen LogP contribution in [-0.2, 0) is 14.8 Å². The van der Waals surface area contributed by atoms with Crippen molar-refractivity contribution in [3.63, 3.8) is 0 Å². The van der Waals surface area contributed by atoms with Crippen LogP contribution < -0.4 is 9.62 Å². The Morgan fingerprint density at radius 1 is 1.15 bits per heavy atom. The lowest BCUT2D eigenvalue weighted by molar-refractivity contribution is -0.00213. The van der Waals surface area contributed by atoms with Gasteiger partial charge in [0.25, 0.3) is 0 Å². The highest BCUT2D eigenvalue weighted by molar-refractivity contribution is 7.88. The van der Waals surface area contributed by atoms with Crippen molar-refractivity contribution < 1.29 is 13.2 Å². The molecule has 33 heavy (non-hydrogen) atoms. The molecule has 0 bridgehead atoms. The van der Waals surface area contributed by atoms with Crippen LogP contribution in [0, 0.1) is 17.2 Å². The zero-order valence-electron chi connectivity index (χ0n) is 19.1. The summed E-state index contributed by atoms with van der Waals surface area (Å²) < 4.78 is 33.0. The fraction of sp³-hybridized carbons (Fsp3) is 0.520. The van der Waals surface area contributed by atoms with Crippen molar-refractivity contribution >= 4 is 15.8 Å². The first-order chi connectivity index (χ1) is 15.9. The molecule has 1 saturated carbocycles. The first-order valence-corrected chi connectivity index (χ1v) is 13.6. The Morgan fingerprint density at radius 3 is 2.67 bits per heavy atom. The van der Waals surface area contributed by atoms with Crippen molar-refractivity contribution in [2.75, 3.05) is 30.9 Å². The van der Waals surface area contributed by atoms with Crippen LogP contribution >= 0.6 is 0 Å². The Kier molecular flexibility index (Phi) is 7.63. The molecule has 0 radical (unpaired) electrons. The van der Waals surface area contributed by atoms with Crippen molar-refractivity contribution in [2.24, 2.45) is 5.92 Å². The molecular weight excluding hydrogens is 436 g/mol. The molecule has 1 aromatic heterocycles. The first kappa shape index (κ1) is 23.7. The summed E-state index contributed by atoms with van der Waals surface area (Å²) in [6.07, 6.45) is 7.93. The predicted octanol–water partition coefficient (Wildman–Crippen LogP) is 3.44. The minimum atomic E-state index is -3.29. The average molecular weight is 469 g/mol. The van der Waals surface area contributed by atoms with Gasteiger partial charge in [-0.25, -0.2) is 18.1 Å². The lowest BCUT2D eigenvalue weighted by Gasteiger charge is -2.40. The molecule has 1 saturated heterocycles. The van der Waals surface area contributed by atoms with Crippen LogP contribution in [0.2, 0.25) is 0 Å². The SMILES string of the molecule is CS(=O)(=O)N[C@H]1CCN(c2ccccn2)C[C@H]1COC1CCC(c2cccc(C#N)c2)CC1. The molecule has 4 rings (SSSR count). The van der Waals surface area contributed by atoms with Crippen LogP contribution in [0.3, 0.4) is 0 Å². The van der Waals surface area contributed by atoms with E-state index in [0.29, 0.717) is 24.6 Å². The molecule has 0 spiro atoms. The van der Waals surface area contributed by atoms with Gasteiger partial charge in [0.2, 0.25) is 10.0 Å². The number of anilines is 1. The van der Waals surface area contributed by atoms with Crippen molar-refractivity contribution in [3.05, 3.63) is 59.8 Å². The number of benzene rings is 1. The summed E-state index contributed by atoms with van der Waals surface area (Å²) in [7, 11) is -3.29. The maximum absolute atomic E-state index is 11.9. The topological polar surface area (TPSA) is 95.3 Å². The van der Waals surface area contributed by atoms with Gasteiger partial charge in [-0.3, -0.25) is 0 Å². The van der Waals surface area contributed by atoms with Gasteiger partial charge in [-0.15, -0.1) is 0 Å². The van der Waals surface area contributed by atoms with E-state index in [4.69, 9.17) is 10.00 Å².